The Morgan fingerprint density at radius 2 is 2.03 bits per heavy atom. The molecule has 0 spiro atoms. The Hall–Kier alpha value is -2.69. The molecule has 1 aromatic heterocycles. The van der Waals surface area contributed by atoms with Crippen LogP contribution in [0.1, 0.15) is 18.7 Å². The summed E-state index contributed by atoms with van der Waals surface area (Å²) in [7, 11) is 1.29. The van der Waals surface area contributed by atoms with Crippen LogP contribution in [0.25, 0.3) is 0 Å². The van der Waals surface area contributed by atoms with Gasteiger partial charge in [0.25, 0.3) is 0 Å². The van der Waals surface area contributed by atoms with E-state index in [1.807, 2.05) is 0 Å². The standard InChI is InChI=1S/C19H21F5N4O2/c1-27-7-5-25-17(27)18(30,19(22,23)24)9-16(29)26-10-12-4-6-28(11-12)13-2-3-14(20)15(21)8-13/h2-3,5,7-8,12,30H,4,6,9-11H2,1H3,(H,26,29). The van der Waals surface area contributed by atoms with Crippen LogP contribution in [0.4, 0.5) is 27.6 Å². The second kappa shape index (κ2) is 8.21. The van der Waals surface area contributed by atoms with Gasteiger partial charge in [0, 0.05) is 50.8 Å². The quantitative estimate of drug-likeness (QED) is 0.689. The number of aryl methyl sites for hydroxylation is 1. The van der Waals surface area contributed by atoms with Gasteiger partial charge in [-0.15, -0.1) is 0 Å². The first-order valence-corrected chi connectivity index (χ1v) is 9.25. The molecule has 1 aliphatic rings. The molecule has 11 heteroatoms. The van der Waals surface area contributed by atoms with Crippen LogP contribution in [-0.2, 0) is 17.4 Å². The number of imidazole rings is 1. The van der Waals surface area contributed by atoms with Crippen molar-refractivity contribution in [1.29, 1.82) is 0 Å². The molecule has 1 aromatic carbocycles. The van der Waals surface area contributed by atoms with Crippen molar-refractivity contribution in [3.8, 4) is 0 Å². The molecule has 3 rings (SSSR count). The van der Waals surface area contributed by atoms with Crippen molar-refractivity contribution in [2.24, 2.45) is 13.0 Å². The minimum Gasteiger partial charge on any atom is -0.374 e. The highest BCUT2D eigenvalue weighted by Gasteiger charge is 2.58. The summed E-state index contributed by atoms with van der Waals surface area (Å²) in [6.07, 6.45) is -3.35. The lowest BCUT2D eigenvalue weighted by atomic mass is 9.97. The molecule has 6 nitrogen and oxygen atoms in total. The van der Waals surface area contributed by atoms with E-state index in [4.69, 9.17) is 0 Å². The van der Waals surface area contributed by atoms with Crippen LogP contribution in [0.3, 0.4) is 0 Å². The van der Waals surface area contributed by atoms with Crippen LogP contribution in [0.2, 0.25) is 0 Å². The van der Waals surface area contributed by atoms with Crippen LogP contribution in [0.5, 0.6) is 0 Å². The molecular formula is C19H21F5N4O2. The number of hydrogen-bond donors (Lipinski definition) is 2. The molecule has 164 valence electrons. The van der Waals surface area contributed by atoms with Gasteiger partial charge in [-0.1, -0.05) is 0 Å². The Bertz CT molecular complexity index is 917. The summed E-state index contributed by atoms with van der Waals surface area (Å²) in [4.78, 5) is 17.5. The van der Waals surface area contributed by atoms with Crippen LogP contribution in [-0.4, -0.2) is 46.4 Å². The highest BCUT2D eigenvalue weighted by Crippen LogP contribution is 2.40. The number of nitrogens with one attached hydrogen (secondary N) is 1. The number of carbonyl (C=O) groups excluding carboxylic acids is 1. The number of halogens is 5. The molecule has 1 aliphatic heterocycles. The number of amides is 1. The topological polar surface area (TPSA) is 70.4 Å². The number of benzene rings is 1. The maximum Gasteiger partial charge on any atom is 0.425 e. The van der Waals surface area contributed by atoms with Crippen molar-refractivity contribution in [3.05, 3.63) is 48.1 Å². The Morgan fingerprint density at radius 1 is 1.30 bits per heavy atom. The van der Waals surface area contributed by atoms with E-state index in [1.54, 1.807) is 4.90 Å². The first kappa shape index (κ1) is 22.0. The number of aliphatic hydroxyl groups is 1. The van der Waals surface area contributed by atoms with Gasteiger partial charge in [-0.05, 0) is 24.5 Å². The van der Waals surface area contributed by atoms with E-state index in [9.17, 15) is 31.9 Å². The molecule has 2 atom stereocenters. The lowest BCUT2D eigenvalue weighted by Gasteiger charge is -2.29. The van der Waals surface area contributed by atoms with Crippen LogP contribution in [0, 0.1) is 17.6 Å². The lowest BCUT2D eigenvalue weighted by molar-refractivity contribution is -0.271. The van der Waals surface area contributed by atoms with E-state index < -0.39 is 41.6 Å². The average Bonchev–Trinajstić information content (AvgIpc) is 3.30. The monoisotopic (exact) mass is 432 g/mol. The van der Waals surface area contributed by atoms with Gasteiger partial charge in [-0.2, -0.15) is 13.2 Å². The number of alkyl halides is 3. The first-order chi connectivity index (χ1) is 14.0. The van der Waals surface area contributed by atoms with E-state index in [-0.39, 0.29) is 12.5 Å². The third-order valence-electron chi connectivity index (χ3n) is 5.22. The van der Waals surface area contributed by atoms with Gasteiger partial charge in [-0.3, -0.25) is 4.79 Å². The fraction of sp³-hybridized carbons (Fsp3) is 0.474. The maximum atomic E-state index is 13.5. The Kier molecular flexibility index (Phi) is 6.02. The van der Waals surface area contributed by atoms with Gasteiger partial charge in [0.15, 0.2) is 17.5 Å². The summed E-state index contributed by atoms with van der Waals surface area (Å²) in [6, 6.07) is 3.54. The van der Waals surface area contributed by atoms with Crippen molar-refractivity contribution < 1.29 is 31.9 Å². The first-order valence-electron chi connectivity index (χ1n) is 9.25. The Balaban J connectivity index is 1.59. The van der Waals surface area contributed by atoms with Crippen molar-refractivity contribution in [3.63, 3.8) is 0 Å². The predicted octanol–water partition coefficient (Wildman–Crippen LogP) is 2.48. The van der Waals surface area contributed by atoms with E-state index >= 15 is 0 Å². The molecule has 0 aliphatic carbocycles. The number of anilines is 1. The fourth-order valence-electron chi connectivity index (χ4n) is 3.54. The molecule has 1 fully saturated rings. The van der Waals surface area contributed by atoms with Gasteiger partial charge in [0.05, 0.1) is 6.42 Å². The number of carbonyl (C=O) groups is 1. The van der Waals surface area contributed by atoms with Crippen molar-refractivity contribution in [2.45, 2.75) is 24.6 Å². The van der Waals surface area contributed by atoms with Gasteiger partial charge in [0.2, 0.25) is 11.5 Å². The van der Waals surface area contributed by atoms with E-state index in [0.717, 1.165) is 22.9 Å². The highest BCUT2D eigenvalue weighted by molar-refractivity contribution is 5.77. The number of rotatable bonds is 6. The number of aromatic nitrogens is 2. The van der Waals surface area contributed by atoms with Gasteiger partial charge < -0.3 is 19.9 Å². The van der Waals surface area contributed by atoms with Crippen molar-refractivity contribution in [2.75, 3.05) is 24.5 Å². The van der Waals surface area contributed by atoms with Crippen molar-refractivity contribution in [1.82, 2.24) is 14.9 Å². The Labute approximate surface area is 169 Å². The minimum atomic E-state index is -5.10. The highest BCUT2D eigenvalue weighted by atomic mass is 19.4. The normalized spacial score (nSPS) is 19.0. The Morgan fingerprint density at radius 3 is 2.63 bits per heavy atom. The molecule has 1 amide bonds. The molecule has 0 bridgehead atoms. The molecular weight excluding hydrogens is 411 g/mol. The second-order valence-corrected chi connectivity index (χ2v) is 7.40. The zero-order valence-corrected chi connectivity index (χ0v) is 16.1. The minimum absolute atomic E-state index is 0.0887. The summed E-state index contributed by atoms with van der Waals surface area (Å²) < 4.78 is 68.0. The SMILES string of the molecule is Cn1ccnc1C(O)(CC(=O)NCC1CCN(c2ccc(F)c(F)c2)C1)C(F)(F)F. The van der Waals surface area contributed by atoms with E-state index in [0.29, 0.717) is 25.2 Å². The second-order valence-electron chi connectivity index (χ2n) is 7.40. The van der Waals surface area contributed by atoms with Gasteiger partial charge >= 0.3 is 6.18 Å². The van der Waals surface area contributed by atoms with Crippen LogP contribution >= 0.6 is 0 Å². The largest absolute Gasteiger partial charge is 0.425 e. The molecule has 2 unspecified atom stereocenters. The average molecular weight is 432 g/mol. The molecule has 0 saturated carbocycles. The van der Waals surface area contributed by atoms with Crippen LogP contribution in [0.15, 0.2) is 30.6 Å². The molecule has 1 saturated heterocycles. The molecule has 2 heterocycles. The lowest BCUT2D eigenvalue weighted by Crippen LogP contribution is -2.48. The predicted molar refractivity (Wildman–Crippen MR) is 97.5 cm³/mol. The third kappa shape index (κ3) is 4.40. The zero-order chi connectivity index (χ0) is 22.1. The summed E-state index contributed by atoms with van der Waals surface area (Å²) >= 11 is 0. The summed E-state index contributed by atoms with van der Waals surface area (Å²) in [5.41, 5.74) is -2.92. The molecule has 2 aromatic rings. The molecule has 0 radical (unpaired) electrons. The van der Waals surface area contributed by atoms with Crippen LogP contribution < -0.4 is 10.2 Å². The van der Waals surface area contributed by atoms with Crippen molar-refractivity contribution >= 4 is 11.6 Å². The van der Waals surface area contributed by atoms with E-state index in [1.165, 1.54) is 19.3 Å². The fourth-order valence-corrected chi connectivity index (χ4v) is 3.54. The number of nitrogens with zero attached hydrogens (tertiary/aromatic N) is 3. The summed E-state index contributed by atoms with van der Waals surface area (Å²) in [5.74, 6) is -3.65. The third-order valence-corrected chi connectivity index (χ3v) is 5.22. The summed E-state index contributed by atoms with van der Waals surface area (Å²) in [6.45, 7) is 1.05. The van der Waals surface area contributed by atoms with Gasteiger partial charge in [-0.25, -0.2) is 13.8 Å². The smallest absolute Gasteiger partial charge is 0.374 e. The van der Waals surface area contributed by atoms with Gasteiger partial charge in [0.1, 0.15) is 0 Å². The zero-order valence-electron chi connectivity index (χ0n) is 16.1. The number of hydrogen-bond acceptors (Lipinski definition) is 4. The molecule has 30 heavy (non-hydrogen) atoms. The van der Waals surface area contributed by atoms with E-state index in [2.05, 4.69) is 10.3 Å². The maximum absolute atomic E-state index is 13.5. The molecule has 2 N–H and O–H groups in total. The summed E-state index contributed by atoms with van der Waals surface area (Å²) in [5, 5.41) is 12.7.